The molecule has 2 heteroatoms. The van der Waals surface area contributed by atoms with Crippen LogP contribution in [0.5, 0.6) is 0 Å². The first-order valence-corrected chi connectivity index (χ1v) is 9.57. The zero-order valence-corrected chi connectivity index (χ0v) is 16.0. The van der Waals surface area contributed by atoms with E-state index in [1.54, 1.807) is 0 Å². The lowest BCUT2D eigenvalue weighted by Crippen LogP contribution is -2.52. The number of esters is 1. The van der Waals surface area contributed by atoms with Gasteiger partial charge in [0, 0.05) is 0 Å². The minimum atomic E-state index is -0.432. The van der Waals surface area contributed by atoms with Crippen molar-refractivity contribution in [1.82, 2.24) is 0 Å². The van der Waals surface area contributed by atoms with Crippen LogP contribution in [0.15, 0.2) is 18.2 Å². The van der Waals surface area contributed by atoms with E-state index >= 15 is 0 Å². The molecular weight excluding hydrogens is 308 g/mol. The van der Waals surface area contributed by atoms with Gasteiger partial charge in [-0.25, -0.2) is 0 Å². The highest BCUT2D eigenvalue weighted by Gasteiger charge is 2.55. The normalized spacial score (nSPS) is 31.0. The van der Waals surface area contributed by atoms with E-state index in [4.69, 9.17) is 11.2 Å². The smallest absolute Gasteiger partial charge is 0.313 e. The van der Waals surface area contributed by atoms with Gasteiger partial charge < -0.3 is 4.74 Å². The Morgan fingerprint density at radius 1 is 1.36 bits per heavy atom. The fourth-order valence-corrected chi connectivity index (χ4v) is 5.39. The molecule has 134 valence electrons. The summed E-state index contributed by atoms with van der Waals surface area (Å²) < 4.78 is 5.39. The second-order valence-corrected chi connectivity index (χ2v) is 8.63. The van der Waals surface area contributed by atoms with Crippen LogP contribution in [0.4, 0.5) is 0 Å². The lowest BCUT2D eigenvalue weighted by Gasteiger charge is -2.54. The number of carbonyl (C=O) groups excluding carboxylic acids is 1. The first-order valence-electron chi connectivity index (χ1n) is 9.57. The Labute approximate surface area is 152 Å². The van der Waals surface area contributed by atoms with Gasteiger partial charge in [0.05, 0.1) is 5.41 Å². The zero-order chi connectivity index (χ0) is 18.2. The van der Waals surface area contributed by atoms with E-state index in [2.05, 4.69) is 51.8 Å². The molecule has 1 aromatic rings. The monoisotopic (exact) mass is 338 g/mol. The molecule has 1 aromatic carbocycles. The Balaban J connectivity index is 1.98. The van der Waals surface area contributed by atoms with Crippen molar-refractivity contribution >= 4 is 5.97 Å². The molecule has 2 aliphatic rings. The summed E-state index contributed by atoms with van der Waals surface area (Å²) in [5.74, 6) is 3.18. The molecule has 2 nitrogen and oxygen atoms in total. The summed E-state index contributed by atoms with van der Waals surface area (Å²) >= 11 is 0. The summed E-state index contributed by atoms with van der Waals surface area (Å²) in [4.78, 5) is 12.8. The van der Waals surface area contributed by atoms with Gasteiger partial charge in [0.25, 0.3) is 0 Å². The first kappa shape index (κ1) is 18.1. The largest absolute Gasteiger partial charge is 0.452 e. The van der Waals surface area contributed by atoms with Crippen LogP contribution in [0.1, 0.15) is 76.0 Å². The van der Waals surface area contributed by atoms with E-state index in [1.807, 2.05) is 0 Å². The van der Waals surface area contributed by atoms with Gasteiger partial charge in [0.15, 0.2) is 6.61 Å². The van der Waals surface area contributed by atoms with Crippen molar-refractivity contribution in [3.63, 3.8) is 0 Å². The van der Waals surface area contributed by atoms with E-state index in [-0.39, 0.29) is 18.0 Å². The lowest BCUT2D eigenvalue weighted by molar-refractivity contribution is -0.163. The molecule has 0 aliphatic heterocycles. The molecular formula is C23H30O2. The van der Waals surface area contributed by atoms with E-state index in [0.717, 1.165) is 32.1 Å². The van der Waals surface area contributed by atoms with Gasteiger partial charge in [-0.2, -0.15) is 0 Å². The fraction of sp³-hybridized carbons (Fsp3) is 0.609. The lowest BCUT2D eigenvalue weighted by atomic mass is 9.49. The van der Waals surface area contributed by atoms with Crippen LogP contribution in [0.25, 0.3) is 0 Å². The second kappa shape index (κ2) is 6.52. The third kappa shape index (κ3) is 2.88. The van der Waals surface area contributed by atoms with Gasteiger partial charge >= 0.3 is 5.97 Å². The van der Waals surface area contributed by atoms with Gasteiger partial charge in [0.2, 0.25) is 0 Å². The van der Waals surface area contributed by atoms with Crippen LogP contribution < -0.4 is 0 Å². The highest BCUT2D eigenvalue weighted by molar-refractivity contribution is 5.77. The van der Waals surface area contributed by atoms with Gasteiger partial charge in [-0.15, -0.1) is 6.42 Å². The molecule has 0 bridgehead atoms. The van der Waals surface area contributed by atoms with Crippen LogP contribution >= 0.6 is 0 Å². The molecule has 3 unspecified atom stereocenters. The zero-order valence-electron chi connectivity index (χ0n) is 16.0. The van der Waals surface area contributed by atoms with Crippen LogP contribution in [-0.2, 0) is 21.4 Å². The maximum Gasteiger partial charge on any atom is 0.313 e. The van der Waals surface area contributed by atoms with Crippen LogP contribution in [0, 0.1) is 23.7 Å². The van der Waals surface area contributed by atoms with Gasteiger partial charge in [-0.3, -0.25) is 4.79 Å². The summed E-state index contributed by atoms with van der Waals surface area (Å²) in [7, 11) is 0. The summed E-state index contributed by atoms with van der Waals surface area (Å²) in [5, 5.41) is 0. The molecule has 0 aromatic heterocycles. The summed E-state index contributed by atoms with van der Waals surface area (Å²) in [6, 6.07) is 7.00. The minimum absolute atomic E-state index is 0.0469. The summed E-state index contributed by atoms with van der Waals surface area (Å²) in [5.41, 5.74) is 3.95. The molecule has 0 amide bonds. The SMILES string of the molecule is C#CCOC(=O)C1(C)CCCC2(C)c3ccc(C(C)C)cc3CCC12. The number of rotatable bonds is 3. The molecule has 0 heterocycles. The standard InChI is InChI=1S/C23H30O2/c1-6-14-25-21(24)23(5)13-7-12-22(4)19-10-8-17(16(2)3)15-18(19)9-11-20(22)23/h1,8,10,15-16,20H,7,9,11-14H2,2-5H3. The van der Waals surface area contributed by atoms with E-state index in [0.29, 0.717) is 11.8 Å². The Bertz CT molecular complexity index is 711. The quantitative estimate of drug-likeness (QED) is 0.573. The predicted octanol–water partition coefficient (Wildman–Crippen LogP) is 5.00. The number of carbonyl (C=O) groups is 1. The number of hydrogen-bond donors (Lipinski definition) is 0. The molecule has 1 saturated carbocycles. The minimum Gasteiger partial charge on any atom is -0.452 e. The highest BCUT2D eigenvalue weighted by atomic mass is 16.5. The predicted molar refractivity (Wildman–Crippen MR) is 101 cm³/mol. The van der Waals surface area contributed by atoms with E-state index < -0.39 is 5.41 Å². The van der Waals surface area contributed by atoms with Crippen molar-refractivity contribution < 1.29 is 9.53 Å². The molecule has 0 spiro atoms. The average Bonchev–Trinajstić information content (AvgIpc) is 2.58. The van der Waals surface area contributed by atoms with Gasteiger partial charge in [-0.1, -0.05) is 51.3 Å². The maximum absolute atomic E-state index is 12.8. The van der Waals surface area contributed by atoms with Crippen molar-refractivity contribution in [3.05, 3.63) is 34.9 Å². The third-order valence-electron chi connectivity index (χ3n) is 6.80. The van der Waals surface area contributed by atoms with Crippen LogP contribution in [0.2, 0.25) is 0 Å². The van der Waals surface area contributed by atoms with Crippen LogP contribution in [0.3, 0.4) is 0 Å². The molecule has 3 atom stereocenters. The third-order valence-corrected chi connectivity index (χ3v) is 6.80. The Morgan fingerprint density at radius 2 is 2.12 bits per heavy atom. The number of fused-ring (bicyclic) bond motifs is 3. The maximum atomic E-state index is 12.8. The molecule has 0 saturated heterocycles. The Morgan fingerprint density at radius 3 is 2.80 bits per heavy atom. The molecule has 0 radical (unpaired) electrons. The number of terminal acetylenes is 1. The van der Waals surface area contributed by atoms with Gasteiger partial charge in [0.1, 0.15) is 0 Å². The molecule has 2 aliphatic carbocycles. The van der Waals surface area contributed by atoms with Crippen molar-refractivity contribution in [3.8, 4) is 12.3 Å². The fourth-order valence-electron chi connectivity index (χ4n) is 5.39. The van der Waals surface area contributed by atoms with Crippen molar-refractivity contribution in [1.29, 1.82) is 0 Å². The van der Waals surface area contributed by atoms with Crippen molar-refractivity contribution in [2.45, 2.75) is 71.1 Å². The number of hydrogen-bond acceptors (Lipinski definition) is 2. The molecule has 0 N–H and O–H groups in total. The molecule has 3 rings (SSSR count). The van der Waals surface area contributed by atoms with E-state index in [9.17, 15) is 4.79 Å². The van der Waals surface area contributed by atoms with Gasteiger partial charge in [-0.05, 0) is 66.5 Å². The topological polar surface area (TPSA) is 26.3 Å². The number of benzene rings is 1. The highest BCUT2D eigenvalue weighted by Crippen LogP contribution is 2.57. The number of aryl methyl sites for hydroxylation is 1. The molecule has 25 heavy (non-hydrogen) atoms. The second-order valence-electron chi connectivity index (χ2n) is 8.63. The summed E-state index contributed by atoms with van der Waals surface area (Å²) in [6.07, 6.45) is 10.5. The Hall–Kier alpha value is -1.75. The Kier molecular flexibility index (Phi) is 4.71. The molecule has 1 fully saturated rings. The first-order chi connectivity index (χ1) is 11.8. The number of ether oxygens (including phenoxy) is 1. The van der Waals surface area contributed by atoms with Crippen molar-refractivity contribution in [2.24, 2.45) is 11.3 Å². The van der Waals surface area contributed by atoms with Crippen LogP contribution in [-0.4, -0.2) is 12.6 Å². The van der Waals surface area contributed by atoms with Crippen molar-refractivity contribution in [2.75, 3.05) is 6.61 Å². The average molecular weight is 338 g/mol. The van der Waals surface area contributed by atoms with E-state index in [1.165, 1.54) is 16.7 Å². The summed E-state index contributed by atoms with van der Waals surface area (Å²) in [6.45, 7) is 9.02.